The number of nitrogens with one attached hydrogen (secondary N) is 1. The number of ether oxygens (including phenoxy) is 1. The van der Waals surface area contributed by atoms with Crippen LogP contribution in [0.15, 0.2) is 18.2 Å². The molecule has 0 atom stereocenters. The van der Waals surface area contributed by atoms with Crippen LogP contribution in [-0.4, -0.2) is 66.1 Å². The zero-order valence-electron chi connectivity index (χ0n) is 15.6. The number of nitro groups is 1. The number of benzene rings is 1. The van der Waals surface area contributed by atoms with Crippen LogP contribution in [0.2, 0.25) is 0 Å². The molecule has 0 aliphatic carbocycles. The van der Waals surface area contributed by atoms with E-state index in [-0.39, 0.29) is 23.0 Å². The molecule has 0 aromatic heterocycles. The van der Waals surface area contributed by atoms with Crippen LogP contribution in [0, 0.1) is 16.0 Å². The van der Waals surface area contributed by atoms with E-state index < -0.39 is 22.5 Å². The summed E-state index contributed by atoms with van der Waals surface area (Å²) in [5.41, 5.74) is -0.814. The van der Waals surface area contributed by atoms with Gasteiger partial charge in [0.1, 0.15) is 0 Å². The van der Waals surface area contributed by atoms with E-state index in [4.69, 9.17) is 9.84 Å². The van der Waals surface area contributed by atoms with Crippen molar-refractivity contribution in [2.24, 2.45) is 5.92 Å². The third kappa shape index (κ3) is 5.49. The SMILES string of the molecule is COCCCNC(=O)C1CCN(C(=O)c2cc(C(=O)O)cc([N+](=O)[O-])c2)CC1. The number of hydrogen-bond donors (Lipinski definition) is 2. The number of piperidine rings is 1. The minimum atomic E-state index is -1.35. The molecule has 1 aromatic carbocycles. The fourth-order valence-corrected chi connectivity index (χ4v) is 3.06. The van der Waals surface area contributed by atoms with Gasteiger partial charge in [-0.2, -0.15) is 0 Å². The van der Waals surface area contributed by atoms with E-state index in [9.17, 15) is 24.5 Å². The minimum Gasteiger partial charge on any atom is -0.478 e. The van der Waals surface area contributed by atoms with Gasteiger partial charge in [0.25, 0.3) is 11.6 Å². The number of rotatable bonds is 8. The number of methoxy groups -OCH3 is 1. The van der Waals surface area contributed by atoms with Crippen molar-refractivity contribution in [1.82, 2.24) is 10.2 Å². The first-order chi connectivity index (χ1) is 13.3. The lowest BCUT2D eigenvalue weighted by Crippen LogP contribution is -2.43. The molecule has 1 aliphatic heterocycles. The average molecular weight is 393 g/mol. The van der Waals surface area contributed by atoms with Crippen LogP contribution >= 0.6 is 0 Å². The number of non-ortho nitro benzene ring substituents is 1. The van der Waals surface area contributed by atoms with Crippen LogP contribution in [0.25, 0.3) is 0 Å². The number of carboxylic acids is 1. The van der Waals surface area contributed by atoms with Gasteiger partial charge in [-0.15, -0.1) is 0 Å². The second kappa shape index (κ2) is 9.79. The molecule has 0 unspecified atom stereocenters. The van der Waals surface area contributed by atoms with Gasteiger partial charge in [0, 0.05) is 57.0 Å². The molecule has 10 nitrogen and oxygen atoms in total. The highest BCUT2D eigenvalue weighted by Crippen LogP contribution is 2.22. The number of nitrogens with zero attached hydrogens (tertiary/aromatic N) is 2. The summed E-state index contributed by atoms with van der Waals surface area (Å²) in [6.45, 7) is 1.73. The number of likely N-dealkylation sites (tertiary alicyclic amines) is 1. The fraction of sp³-hybridized carbons (Fsp3) is 0.500. The number of nitro benzene ring substituents is 1. The van der Waals surface area contributed by atoms with E-state index in [1.165, 1.54) is 4.90 Å². The Morgan fingerprint density at radius 3 is 2.46 bits per heavy atom. The molecule has 10 heteroatoms. The number of carboxylic acid groups (broad SMARTS) is 1. The first kappa shape index (κ1) is 21.3. The Bertz CT molecular complexity index is 725. The monoisotopic (exact) mass is 393 g/mol. The topological polar surface area (TPSA) is 139 Å². The van der Waals surface area contributed by atoms with Crippen molar-refractivity contribution in [3.63, 3.8) is 0 Å². The normalized spacial score (nSPS) is 14.5. The first-order valence-corrected chi connectivity index (χ1v) is 8.92. The highest BCUT2D eigenvalue weighted by molar-refractivity contribution is 5.98. The number of aromatic carboxylic acids is 1. The average Bonchev–Trinajstić information content (AvgIpc) is 2.70. The fourth-order valence-electron chi connectivity index (χ4n) is 3.06. The number of carbonyl (C=O) groups is 3. The third-order valence-corrected chi connectivity index (χ3v) is 4.60. The van der Waals surface area contributed by atoms with E-state index in [1.807, 2.05) is 0 Å². The number of carbonyl (C=O) groups excluding carboxylic acids is 2. The van der Waals surface area contributed by atoms with Crippen molar-refractivity contribution < 1.29 is 29.2 Å². The molecule has 1 aliphatic rings. The lowest BCUT2D eigenvalue weighted by atomic mass is 9.95. The zero-order chi connectivity index (χ0) is 20.7. The summed E-state index contributed by atoms with van der Waals surface area (Å²) >= 11 is 0. The number of hydrogen-bond acceptors (Lipinski definition) is 6. The zero-order valence-corrected chi connectivity index (χ0v) is 15.6. The largest absolute Gasteiger partial charge is 0.478 e. The van der Waals surface area contributed by atoms with Gasteiger partial charge < -0.3 is 20.1 Å². The van der Waals surface area contributed by atoms with Crippen molar-refractivity contribution in [3.8, 4) is 0 Å². The van der Waals surface area contributed by atoms with Crippen molar-refractivity contribution in [2.75, 3.05) is 33.4 Å². The van der Waals surface area contributed by atoms with Crippen molar-refractivity contribution in [2.45, 2.75) is 19.3 Å². The quantitative estimate of drug-likeness (QED) is 0.385. The van der Waals surface area contributed by atoms with Crippen LogP contribution in [0.4, 0.5) is 5.69 Å². The molecule has 1 fully saturated rings. The van der Waals surface area contributed by atoms with Gasteiger partial charge >= 0.3 is 5.97 Å². The van der Waals surface area contributed by atoms with Gasteiger partial charge in [0.2, 0.25) is 5.91 Å². The summed E-state index contributed by atoms with van der Waals surface area (Å²) < 4.78 is 4.92. The molecule has 1 saturated heterocycles. The molecule has 152 valence electrons. The lowest BCUT2D eigenvalue weighted by molar-refractivity contribution is -0.384. The molecule has 28 heavy (non-hydrogen) atoms. The maximum Gasteiger partial charge on any atom is 0.335 e. The molecule has 0 spiro atoms. The van der Waals surface area contributed by atoms with Crippen LogP contribution in [0.3, 0.4) is 0 Å². The maximum absolute atomic E-state index is 12.7. The second-order valence-corrected chi connectivity index (χ2v) is 6.53. The smallest absolute Gasteiger partial charge is 0.335 e. The minimum absolute atomic E-state index is 0.0472. The molecule has 1 aromatic rings. The summed E-state index contributed by atoms with van der Waals surface area (Å²) in [5, 5.41) is 23.0. The summed E-state index contributed by atoms with van der Waals surface area (Å²) in [6, 6.07) is 3.12. The van der Waals surface area contributed by atoms with E-state index in [1.54, 1.807) is 7.11 Å². The van der Waals surface area contributed by atoms with Crippen LogP contribution in [0.5, 0.6) is 0 Å². The summed E-state index contributed by atoms with van der Waals surface area (Å²) in [6.07, 6.45) is 1.67. The Morgan fingerprint density at radius 2 is 1.89 bits per heavy atom. The summed E-state index contributed by atoms with van der Waals surface area (Å²) in [4.78, 5) is 47.7. The predicted octanol–water partition coefficient (Wildman–Crippen LogP) is 1.30. The molecular weight excluding hydrogens is 370 g/mol. The van der Waals surface area contributed by atoms with Crippen LogP contribution < -0.4 is 5.32 Å². The molecule has 0 radical (unpaired) electrons. The van der Waals surface area contributed by atoms with E-state index in [0.717, 1.165) is 24.6 Å². The standard InChI is InChI=1S/C18H23N3O7/c1-28-8-2-5-19-16(22)12-3-6-20(7-4-12)17(23)13-9-14(18(24)25)11-15(10-13)21(26)27/h9-12H,2-8H2,1H3,(H,19,22)(H,24,25). The Hall–Kier alpha value is -3.01. The Kier molecular flexibility index (Phi) is 7.44. The van der Waals surface area contributed by atoms with Gasteiger partial charge in [0.05, 0.1) is 10.5 Å². The van der Waals surface area contributed by atoms with E-state index >= 15 is 0 Å². The Labute approximate surface area is 161 Å². The molecule has 2 N–H and O–H groups in total. The van der Waals surface area contributed by atoms with Crippen molar-refractivity contribution in [3.05, 3.63) is 39.4 Å². The molecule has 0 bridgehead atoms. The second-order valence-electron chi connectivity index (χ2n) is 6.53. The predicted molar refractivity (Wildman–Crippen MR) is 98.2 cm³/mol. The Balaban J connectivity index is 1.99. The molecule has 2 rings (SSSR count). The van der Waals surface area contributed by atoms with Crippen LogP contribution in [0.1, 0.15) is 40.0 Å². The van der Waals surface area contributed by atoms with E-state index in [0.29, 0.717) is 39.1 Å². The van der Waals surface area contributed by atoms with Crippen LogP contribution in [-0.2, 0) is 9.53 Å². The molecule has 0 saturated carbocycles. The van der Waals surface area contributed by atoms with Gasteiger partial charge in [-0.25, -0.2) is 4.79 Å². The van der Waals surface area contributed by atoms with Gasteiger partial charge in [-0.3, -0.25) is 19.7 Å². The van der Waals surface area contributed by atoms with Gasteiger partial charge in [0.15, 0.2) is 0 Å². The van der Waals surface area contributed by atoms with Crippen molar-refractivity contribution in [1.29, 1.82) is 0 Å². The number of amides is 2. The van der Waals surface area contributed by atoms with Gasteiger partial charge in [-0.05, 0) is 25.3 Å². The summed E-state index contributed by atoms with van der Waals surface area (Å²) in [7, 11) is 1.59. The highest BCUT2D eigenvalue weighted by Gasteiger charge is 2.28. The molecule has 2 amide bonds. The summed E-state index contributed by atoms with van der Waals surface area (Å²) in [5.74, 6) is -2.09. The van der Waals surface area contributed by atoms with Gasteiger partial charge in [-0.1, -0.05) is 0 Å². The first-order valence-electron chi connectivity index (χ1n) is 8.92. The lowest BCUT2D eigenvalue weighted by Gasteiger charge is -2.31. The van der Waals surface area contributed by atoms with Crippen molar-refractivity contribution >= 4 is 23.5 Å². The molecular formula is C18H23N3O7. The maximum atomic E-state index is 12.7. The highest BCUT2D eigenvalue weighted by atomic mass is 16.6. The van der Waals surface area contributed by atoms with E-state index in [2.05, 4.69) is 5.32 Å². The Morgan fingerprint density at radius 1 is 1.25 bits per heavy atom. The third-order valence-electron chi connectivity index (χ3n) is 4.60. The molecule has 1 heterocycles.